The zero-order chi connectivity index (χ0) is 20.4. The summed E-state index contributed by atoms with van der Waals surface area (Å²) in [6.07, 6.45) is 0.474. The lowest BCUT2D eigenvalue weighted by Gasteiger charge is -2.22. The number of carbonyl (C=O) groups is 1. The van der Waals surface area contributed by atoms with Crippen molar-refractivity contribution in [3.05, 3.63) is 69.0 Å². The van der Waals surface area contributed by atoms with Crippen LogP contribution in [0.15, 0.2) is 47.3 Å². The lowest BCUT2D eigenvalue weighted by atomic mass is 10.0. The van der Waals surface area contributed by atoms with E-state index in [0.29, 0.717) is 22.9 Å². The first-order chi connectivity index (χ1) is 13.4. The van der Waals surface area contributed by atoms with Crippen molar-refractivity contribution in [3.63, 3.8) is 0 Å². The van der Waals surface area contributed by atoms with Crippen molar-refractivity contribution in [2.24, 2.45) is 0 Å². The summed E-state index contributed by atoms with van der Waals surface area (Å²) < 4.78 is 6.74. The molecule has 0 aliphatic rings. The van der Waals surface area contributed by atoms with Crippen LogP contribution in [0.2, 0.25) is 5.02 Å². The van der Waals surface area contributed by atoms with Crippen molar-refractivity contribution >= 4 is 34.1 Å². The van der Waals surface area contributed by atoms with Gasteiger partial charge in [-0.05, 0) is 49.6 Å². The Morgan fingerprint density at radius 1 is 1.18 bits per heavy atom. The molecule has 3 rings (SSSR count). The Morgan fingerprint density at radius 2 is 1.93 bits per heavy atom. The van der Waals surface area contributed by atoms with E-state index in [1.165, 1.54) is 7.11 Å². The Labute approximate surface area is 168 Å². The standard InChI is InChI=1S/C22H23ClN2O3/c1-5-18(22(27)24-15-9-10-19(28-4)17(23)12-15)25-20(26)11-14(3)16-8-6-7-13(2)21(16)25/h6-12,18H,5H2,1-4H3,(H,24,27). The van der Waals surface area contributed by atoms with Gasteiger partial charge in [-0.3, -0.25) is 14.2 Å². The van der Waals surface area contributed by atoms with Crippen LogP contribution < -0.4 is 15.6 Å². The van der Waals surface area contributed by atoms with Gasteiger partial charge in [0.25, 0.3) is 5.56 Å². The van der Waals surface area contributed by atoms with Gasteiger partial charge in [-0.25, -0.2) is 0 Å². The van der Waals surface area contributed by atoms with E-state index in [1.54, 1.807) is 28.8 Å². The van der Waals surface area contributed by atoms with Crippen molar-refractivity contribution in [2.45, 2.75) is 33.2 Å². The Morgan fingerprint density at radius 3 is 2.57 bits per heavy atom. The van der Waals surface area contributed by atoms with Gasteiger partial charge in [0.15, 0.2) is 0 Å². The highest BCUT2D eigenvalue weighted by Crippen LogP contribution is 2.29. The van der Waals surface area contributed by atoms with Crippen LogP contribution in [0.3, 0.4) is 0 Å². The topological polar surface area (TPSA) is 60.3 Å². The minimum atomic E-state index is -0.641. The summed E-state index contributed by atoms with van der Waals surface area (Å²) in [5, 5.41) is 4.25. The van der Waals surface area contributed by atoms with Crippen molar-refractivity contribution < 1.29 is 9.53 Å². The molecule has 3 aromatic rings. The van der Waals surface area contributed by atoms with E-state index in [-0.39, 0.29) is 11.5 Å². The third-order valence-electron chi connectivity index (χ3n) is 4.90. The lowest BCUT2D eigenvalue weighted by molar-refractivity contribution is -0.119. The molecule has 0 spiro atoms. The van der Waals surface area contributed by atoms with E-state index in [1.807, 2.05) is 39.0 Å². The molecule has 1 N–H and O–H groups in total. The van der Waals surface area contributed by atoms with Crippen LogP contribution in [0.25, 0.3) is 10.9 Å². The number of aromatic nitrogens is 1. The average molecular weight is 399 g/mol. The first-order valence-electron chi connectivity index (χ1n) is 9.13. The second-order valence-corrected chi connectivity index (χ2v) is 7.18. The maximum absolute atomic E-state index is 13.1. The number of ether oxygens (including phenoxy) is 1. The zero-order valence-electron chi connectivity index (χ0n) is 16.4. The predicted octanol–water partition coefficient (Wildman–Crippen LogP) is 4.87. The van der Waals surface area contributed by atoms with Gasteiger partial charge in [-0.15, -0.1) is 0 Å². The van der Waals surface area contributed by atoms with E-state index in [4.69, 9.17) is 16.3 Å². The molecule has 0 aliphatic heterocycles. The van der Waals surface area contributed by atoms with Gasteiger partial charge in [0.1, 0.15) is 11.8 Å². The number of para-hydroxylation sites is 1. The van der Waals surface area contributed by atoms with E-state index < -0.39 is 6.04 Å². The van der Waals surface area contributed by atoms with Crippen LogP contribution in [-0.4, -0.2) is 17.6 Å². The number of halogens is 1. The van der Waals surface area contributed by atoms with Crippen LogP contribution in [0.4, 0.5) is 5.69 Å². The number of nitrogens with zero attached hydrogens (tertiary/aromatic N) is 1. The molecule has 5 nitrogen and oxygen atoms in total. The van der Waals surface area contributed by atoms with Crippen LogP contribution >= 0.6 is 11.6 Å². The normalized spacial score (nSPS) is 12.0. The third kappa shape index (κ3) is 3.62. The fraction of sp³-hybridized carbons (Fsp3) is 0.273. The van der Waals surface area contributed by atoms with Crippen molar-refractivity contribution in [2.75, 3.05) is 12.4 Å². The Balaban J connectivity index is 2.05. The number of benzene rings is 2. The smallest absolute Gasteiger partial charge is 0.252 e. The Hall–Kier alpha value is -2.79. The average Bonchev–Trinajstić information content (AvgIpc) is 2.65. The highest BCUT2D eigenvalue weighted by molar-refractivity contribution is 6.32. The zero-order valence-corrected chi connectivity index (χ0v) is 17.1. The molecule has 1 amide bonds. The van der Waals surface area contributed by atoms with Crippen LogP contribution in [0.5, 0.6) is 5.75 Å². The van der Waals surface area contributed by atoms with Gasteiger partial charge in [0.05, 0.1) is 17.6 Å². The first kappa shape index (κ1) is 20.0. The van der Waals surface area contributed by atoms with Gasteiger partial charge in [-0.1, -0.05) is 36.7 Å². The van der Waals surface area contributed by atoms with Crippen molar-refractivity contribution in [3.8, 4) is 5.75 Å². The summed E-state index contributed by atoms with van der Waals surface area (Å²) in [5.41, 5.74) is 3.01. The molecule has 1 atom stereocenters. The molecule has 0 fully saturated rings. The molecule has 146 valence electrons. The minimum absolute atomic E-state index is 0.186. The molecule has 2 aromatic carbocycles. The number of rotatable bonds is 5. The largest absolute Gasteiger partial charge is 0.495 e. The summed E-state index contributed by atoms with van der Waals surface area (Å²) in [4.78, 5) is 25.9. The van der Waals surface area contributed by atoms with Crippen LogP contribution in [0.1, 0.15) is 30.5 Å². The fourth-order valence-electron chi connectivity index (χ4n) is 3.50. The van der Waals surface area contributed by atoms with Gasteiger partial charge in [0.2, 0.25) is 5.91 Å². The molecule has 0 radical (unpaired) electrons. The fourth-order valence-corrected chi connectivity index (χ4v) is 3.76. The molecular formula is C22H23ClN2O3. The summed E-state index contributed by atoms with van der Waals surface area (Å²) in [6.45, 7) is 5.75. The van der Waals surface area contributed by atoms with E-state index in [9.17, 15) is 9.59 Å². The monoisotopic (exact) mass is 398 g/mol. The van der Waals surface area contributed by atoms with E-state index in [0.717, 1.165) is 22.0 Å². The molecule has 28 heavy (non-hydrogen) atoms. The number of amides is 1. The number of carbonyl (C=O) groups excluding carboxylic acids is 1. The number of aryl methyl sites for hydroxylation is 2. The molecule has 0 saturated carbocycles. The molecule has 0 saturated heterocycles. The Kier molecular flexibility index (Phi) is 5.75. The second kappa shape index (κ2) is 8.07. The highest BCUT2D eigenvalue weighted by Gasteiger charge is 2.23. The van der Waals surface area contributed by atoms with Gasteiger partial charge in [-0.2, -0.15) is 0 Å². The number of fused-ring (bicyclic) bond motifs is 1. The van der Waals surface area contributed by atoms with Crippen LogP contribution in [-0.2, 0) is 4.79 Å². The Bertz CT molecular complexity index is 1100. The number of methoxy groups -OCH3 is 1. The summed E-state index contributed by atoms with van der Waals surface area (Å²) in [6, 6.07) is 11.9. The number of anilines is 1. The maximum Gasteiger partial charge on any atom is 0.252 e. The number of hydrogen-bond acceptors (Lipinski definition) is 3. The SMILES string of the molecule is CCC(C(=O)Nc1ccc(OC)c(Cl)c1)n1c(=O)cc(C)c2cccc(C)c21. The highest BCUT2D eigenvalue weighted by atomic mass is 35.5. The van der Waals surface area contributed by atoms with Crippen LogP contribution in [0, 0.1) is 13.8 Å². The molecule has 6 heteroatoms. The van der Waals surface area contributed by atoms with Gasteiger partial charge in [0, 0.05) is 17.1 Å². The lowest BCUT2D eigenvalue weighted by Crippen LogP contribution is -2.33. The predicted molar refractivity (Wildman–Crippen MR) is 114 cm³/mol. The molecule has 1 unspecified atom stereocenters. The molecule has 0 aliphatic carbocycles. The number of nitrogens with one attached hydrogen (secondary N) is 1. The molecular weight excluding hydrogens is 376 g/mol. The van der Waals surface area contributed by atoms with E-state index >= 15 is 0 Å². The quantitative estimate of drug-likeness (QED) is 0.666. The third-order valence-corrected chi connectivity index (χ3v) is 5.20. The molecule has 1 heterocycles. The number of hydrogen-bond donors (Lipinski definition) is 1. The second-order valence-electron chi connectivity index (χ2n) is 6.77. The van der Waals surface area contributed by atoms with Crippen molar-refractivity contribution in [1.29, 1.82) is 0 Å². The number of pyridine rings is 1. The summed E-state index contributed by atoms with van der Waals surface area (Å²) in [7, 11) is 1.53. The van der Waals surface area contributed by atoms with Gasteiger partial charge >= 0.3 is 0 Å². The summed E-state index contributed by atoms with van der Waals surface area (Å²) in [5.74, 6) is 0.266. The maximum atomic E-state index is 13.1. The van der Waals surface area contributed by atoms with Crippen molar-refractivity contribution in [1.82, 2.24) is 4.57 Å². The first-order valence-corrected chi connectivity index (χ1v) is 9.51. The van der Waals surface area contributed by atoms with E-state index in [2.05, 4.69) is 5.32 Å². The molecule has 0 bridgehead atoms. The van der Waals surface area contributed by atoms with Gasteiger partial charge < -0.3 is 10.1 Å². The molecule has 1 aromatic heterocycles. The summed E-state index contributed by atoms with van der Waals surface area (Å²) >= 11 is 6.15. The minimum Gasteiger partial charge on any atom is -0.495 e.